The van der Waals surface area contributed by atoms with E-state index in [2.05, 4.69) is 6.08 Å². The summed E-state index contributed by atoms with van der Waals surface area (Å²) in [4.78, 5) is 0. The Labute approximate surface area is 79.5 Å². The van der Waals surface area contributed by atoms with E-state index in [1.165, 1.54) is 24.8 Å². The average molecular weight is 201 g/mol. The van der Waals surface area contributed by atoms with Crippen molar-refractivity contribution < 1.29 is 8.42 Å². The number of sulfonamides is 1. The highest BCUT2D eigenvalue weighted by Gasteiger charge is 2.27. The number of nitrogens with zero attached hydrogens (tertiary/aromatic N) is 1. The van der Waals surface area contributed by atoms with Gasteiger partial charge in [0.15, 0.2) is 0 Å². The van der Waals surface area contributed by atoms with Crippen LogP contribution in [0.4, 0.5) is 0 Å². The van der Waals surface area contributed by atoms with Crippen LogP contribution in [0, 0.1) is 0 Å². The van der Waals surface area contributed by atoms with Crippen LogP contribution in [-0.2, 0) is 10.0 Å². The van der Waals surface area contributed by atoms with Crippen LogP contribution in [0.3, 0.4) is 0 Å². The van der Waals surface area contributed by atoms with E-state index in [4.69, 9.17) is 0 Å². The van der Waals surface area contributed by atoms with Crippen LogP contribution in [0.25, 0.3) is 0 Å². The quantitative estimate of drug-likeness (QED) is 0.628. The lowest BCUT2D eigenvalue weighted by Gasteiger charge is -2.18. The summed E-state index contributed by atoms with van der Waals surface area (Å²) < 4.78 is 24.4. The molecule has 0 atom stereocenters. The first-order valence-corrected chi connectivity index (χ1v) is 6.45. The van der Waals surface area contributed by atoms with E-state index < -0.39 is 10.0 Å². The minimum atomic E-state index is -2.88. The maximum Gasteiger partial charge on any atom is 0.214 e. The van der Waals surface area contributed by atoms with Crippen LogP contribution in [0.2, 0.25) is 0 Å². The van der Waals surface area contributed by atoms with Crippen molar-refractivity contribution in [2.75, 3.05) is 18.8 Å². The van der Waals surface area contributed by atoms with Crippen LogP contribution < -0.4 is 0 Å². The molecule has 3 nitrogen and oxygen atoms in total. The van der Waals surface area contributed by atoms with Gasteiger partial charge >= 0.3 is 0 Å². The molecule has 0 spiro atoms. The van der Waals surface area contributed by atoms with Crippen molar-refractivity contribution in [2.24, 2.45) is 0 Å². The predicted molar refractivity (Wildman–Crippen MR) is 51.9 cm³/mol. The van der Waals surface area contributed by atoms with Crippen molar-refractivity contribution in [1.29, 1.82) is 0 Å². The van der Waals surface area contributed by atoms with Crippen molar-refractivity contribution in [2.45, 2.75) is 25.7 Å². The third-order valence-corrected chi connectivity index (χ3v) is 4.71. The Bertz CT molecular complexity index is 313. The van der Waals surface area contributed by atoms with Crippen molar-refractivity contribution in [3.05, 3.63) is 11.6 Å². The third-order valence-electron chi connectivity index (χ3n) is 2.78. The standard InChI is InChI=1S/C9H15NO2S/c11-13(12)8-2-6-10(13)7-5-9-3-1-4-9/h5H,1-4,6-8H2. The summed E-state index contributed by atoms with van der Waals surface area (Å²) in [6.07, 6.45) is 6.51. The van der Waals surface area contributed by atoms with Crippen LogP contribution in [-0.4, -0.2) is 31.6 Å². The first-order valence-electron chi connectivity index (χ1n) is 4.84. The third kappa shape index (κ3) is 1.94. The molecule has 2 rings (SSSR count). The second-order valence-corrected chi connectivity index (χ2v) is 5.83. The zero-order valence-corrected chi connectivity index (χ0v) is 8.52. The molecular formula is C9H15NO2S. The van der Waals surface area contributed by atoms with Gasteiger partial charge in [-0.25, -0.2) is 8.42 Å². The molecular weight excluding hydrogens is 186 g/mol. The van der Waals surface area contributed by atoms with Gasteiger partial charge in [0.25, 0.3) is 0 Å². The van der Waals surface area contributed by atoms with Crippen molar-refractivity contribution in [3.8, 4) is 0 Å². The summed E-state index contributed by atoms with van der Waals surface area (Å²) in [5.41, 5.74) is 1.43. The summed E-state index contributed by atoms with van der Waals surface area (Å²) in [6, 6.07) is 0. The number of hydrogen-bond donors (Lipinski definition) is 0. The topological polar surface area (TPSA) is 37.4 Å². The Morgan fingerprint density at radius 1 is 1.31 bits per heavy atom. The predicted octanol–water partition coefficient (Wildman–Crippen LogP) is 1.13. The Kier molecular flexibility index (Phi) is 2.43. The monoisotopic (exact) mass is 201 g/mol. The van der Waals surface area contributed by atoms with Gasteiger partial charge in [0.05, 0.1) is 5.75 Å². The fraction of sp³-hybridized carbons (Fsp3) is 0.778. The van der Waals surface area contributed by atoms with Crippen LogP contribution in [0.1, 0.15) is 25.7 Å². The molecule has 13 heavy (non-hydrogen) atoms. The molecule has 1 saturated heterocycles. The summed E-state index contributed by atoms with van der Waals surface area (Å²) in [5.74, 6) is 0.343. The lowest BCUT2D eigenvalue weighted by atomic mass is 9.92. The molecule has 0 radical (unpaired) electrons. The van der Waals surface area contributed by atoms with E-state index in [0.717, 1.165) is 6.42 Å². The fourth-order valence-corrected chi connectivity index (χ4v) is 3.17. The molecule has 2 fully saturated rings. The van der Waals surface area contributed by atoms with Crippen LogP contribution in [0.5, 0.6) is 0 Å². The Balaban J connectivity index is 1.94. The van der Waals surface area contributed by atoms with Crippen molar-refractivity contribution in [1.82, 2.24) is 4.31 Å². The van der Waals surface area contributed by atoms with Gasteiger partial charge < -0.3 is 0 Å². The fourth-order valence-electron chi connectivity index (χ4n) is 1.71. The zero-order chi connectivity index (χ0) is 9.31. The molecule has 74 valence electrons. The van der Waals surface area contributed by atoms with Gasteiger partial charge in [0.1, 0.15) is 0 Å². The summed E-state index contributed by atoms with van der Waals surface area (Å²) in [5, 5.41) is 0. The van der Waals surface area contributed by atoms with Crippen molar-refractivity contribution >= 4 is 10.0 Å². The van der Waals surface area contributed by atoms with Crippen LogP contribution >= 0.6 is 0 Å². The SMILES string of the molecule is O=S1(=O)CCCN1CC=C1CCC1. The van der Waals surface area contributed by atoms with Crippen LogP contribution in [0.15, 0.2) is 11.6 Å². The van der Waals surface area contributed by atoms with E-state index in [1.807, 2.05) is 0 Å². The molecule has 4 heteroatoms. The van der Waals surface area contributed by atoms with Gasteiger partial charge in [0.2, 0.25) is 10.0 Å². The van der Waals surface area contributed by atoms with Gasteiger partial charge in [-0.3, -0.25) is 0 Å². The number of rotatable bonds is 2. The molecule has 1 aliphatic carbocycles. The largest absolute Gasteiger partial charge is 0.214 e. The smallest absolute Gasteiger partial charge is 0.212 e. The second kappa shape index (κ2) is 3.42. The highest BCUT2D eigenvalue weighted by atomic mass is 32.2. The van der Waals surface area contributed by atoms with Crippen molar-refractivity contribution in [3.63, 3.8) is 0 Å². The normalized spacial score (nSPS) is 27.2. The lowest BCUT2D eigenvalue weighted by Crippen LogP contribution is -2.26. The van der Waals surface area contributed by atoms with Gasteiger partial charge in [-0.2, -0.15) is 4.31 Å². The number of allylic oxidation sites excluding steroid dienone is 1. The minimum Gasteiger partial charge on any atom is -0.212 e. The molecule has 0 aromatic carbocycles. The molecule has 0 amide bonds. The molecule has 0 bridgehead atoms. The molecule has 0 aromatic rings. The maximum absolute atomic E-state index is 11.4. The molecule has 0 N–H and O–H groups in total. The van der Waals surface area contributed by atoms with E-state index in [0.29, 0.717) is 18.8 Å². The maximum atomic E-state index is 11.4. The Morgan fingerprint density at radius 3 is 2.54 bits per heavy atom. The molecule has 1 saturated carbocycles. The Hall–Kier alpha value is -0.350. The van der Waals surface area contributed by atoms with E-state index in [1.54, 1.807) is 4.31 Å². The van der Waals surface area contributed by atoms with Gasteiger partial charge in [0, 0.05) is 13.1 Å². The average Bonchev–Trinajstić information content (AvgIpc) is 2.27. The first kappa shape index (κ1) is 9.21. The molecule has 0 aromatic heterocycles. The zero-order valence-electron chi connectivity index (χ0n) is 7.70. The molecule has 1 heterocycles. The second-order valence-electron chi connectivity index (χ2n) is 3.74. The highest BCUT2D eigenvalue weighted by molar-refractivity contribution is 7.89. The van der Waals surface area contributed by atoms with Gasteiger partial charge in [-0.15, -0.1) is 0 Å². The molecule has 1 aliphatic heterocycles. The number of hydrogen-bond acceptors (Lipinski definition) is 2. The summed E-state index contributed by atoms with van der Waals surface area (Å²) in [6.45, 7) is 1.32. The Morgan fingerprint density at radius 2 is 2.08 bits per heavy atom. The van der Waals surface area contributed by atoms with E-state index >= 15 is 0 Å². The minimum absolute atomic E-state index is 0.343. The summed E-state index contributed by atoms with van der Waals surface area (Å²) >= 11 is 0. The van der Waals surface area contributed by atoms with E-state index in [-0.39, 0.29) is 0 Å². The van der Waals surface area contributed by atoms with Gasteiger partial charge in [-0.05, 0) is 25.7 Å². The van der Waals surface area contributed by atoms with E-state index in [9.17, 15) is 8.42 Å². The highest BCUT2D eigenvalue weighted by Crippen LogP contribution is 2.25. The molecule has 0 unspecified atom stereocenters. The lowest BCUT2D eigenvalue weighted by molar-refractivity contribution is 0.475. The van der Waals surface area contributed by atoms with Gasteiger partial charge in [-0.1, -0.05) is 11.6 Å². The molecule has 2 aliphatic rings. The summed E-state index contributed by atoms with van der Waals surface area (Å²) in [7, 11) is -2.88. The first-order chi connectivity index (χ1) is 6.18.